The fraction of sp³-hybridized carbons (Fsp3) is 0.391. The Balaban J connectivity index is 1.42. The van der Waals surface area contributed by atoms with Gasteiger partial charge in [0, 0.05) is 19.6 Å². The highest BCUT2D eigenvalue weighted by molar-refractivity contribution is 5.78. The van der Waals surface area contributed by atoms with Gasteiger partial charge in [-0.25, -0.2) is 0 Å². The number of nitrogens with zero attached hydrogens (tertiary/aromatic N) is 2. The SMILES string of the molecule is COc1ccc(CCNC(=O)CN2CCC(C#N)(c3ccccc3)CC2)cc1. The lowest BCUT2D eigenvalue weighted by molar-refractivity contribution is -0.122. The summed E-state index contributed by atoms with van der Waals surface area (Å²) in [6.07, 6.45) is 2.31. The van der Waals surface area contributed by atoms with Crippen LogP contribution in [0, 0.1) is 11.3 Å². The van der Waals surface area contributed by atoms with Crippen LogP contribution in [0.2, 0.25) is 0 Å². The van der Waals surface area contributed by atoms with E-state index in [4.69, 9.17) is 4.74 Å². The Kier molecular flexibility index (Phi) is 6.67. The summed E-state index contributed by atoms with van der Waals surface area (Å²) in [7, 11) is 1.65. The molecule has 5 nitrogen and oxygen atoms in total. The summed E-state index contributed by atoms with van der Waals surface area (Å²) in [5.41, 5.74) is 1.82. The van der Waals surface area contributed by atoms with Gasteiger partial charge in [-0.2, -0.15) is 5.26 Å². The molecular formula is C23H27N3O2. The number of carbonyl (C=O) groups is 1. The van der Waals surface area contributed by atoms with E-state index in [1.807, 2.05) is 54.6 Å². The van der Waals surface area contributed by atoms with Crippen LogP contribution in [-0.4, -0.2) is 44.1 Å². The number of hydrogen-bond donors (Lipinski definition) is 1. The molecule has 1 heterocycles. The minimum absolute atomic E-state index is 0.0395. The molecule has 0 aliphatic carbocycles. The van der Waals surface area contributed by atoms with Gasteiger partial charge in [-0.3, -0.25) is 9.69 Å². The molecule has 0 unspecified atom stereocenters. The van der Waals surface area contributed by atoms with Gasteiger partial charge in [-0.05, 0) is 42.5 Å². The maximum Gasteiger partial charge on any atom is 0.234 e. The Bertz CT molecular complexity index is 804. The first-order valence-corrected chi connectivity index (χ1v) is 9.74. The van der Waals surface area contributed by atoms with Crippen LogP contribution in [0.25, 0.3) is 0 Å². The first-order valence-electron chi connectivity index (χ1n) is 9.74. The van der Waals surface area contributed by atoms with Gasteiger partial charge in [0.25, 0.3) is 0 Å². The van der Waals surface area contributed by atoms with Gasteiger partial charge in [0.15, 0.2) is 0 Å². The molecule has 2 aromatic rings. The number of ether oxygens (including phenoxy) is 1. The first-order chi connectivity index (χ1) is 13.6. The lowest BCUT2D eigenvalue weighted by Gasteiger charge is -2.37. The smallest absolute Gasteiger partial charge is 0.234 e. The van der Waals surface area contributed by atoms with Crippen LogP contribution in [-0.2, 0) is 16.6 Å². The van der Waals surface area contributed by atoms with Crippen molar-refractivity contribution in [2.45, 2.75) is 24.7 Å². The number of hydrogen-bond acceptors (Lipinski definition) is 4. The summed E-state index contributed by atoms with van der Waals surface area (Å²) in [5, 5.41) is 12.8. The monoisotopic (exact) mass is 377 g/mol. The number of likely N-dealkylation sites (tertiary alicyclic amines) is 1. The molecular weight excluding hydrogens is 350 g/mol. The number of rotatable bonds is 7. The lowest BCUT2D eigenvalue weighted by atomic mass is 9.74. The first kappa shape index (κ1) is 19.9. The number of methoxy groups -OCH3 is 1. The minimum Gasteiger partial charge on any atom is -0.497 e. The van der Waals surface area contributed by atoms with Gasteiger partial charge in [-0.1, -0.05) is 42.5 Å². The molecule has 146 valence electrons. The molecule has 5 heteroatoms. The molecule has 2 aromatic carbocycles. The fourth-order valence-corrected chi connectivity index (χ4v) is 3.71. The molecule has 0 aromatic heterocycles. The van der Waals surface area contributed by atoms with Gasteiger partial charge in [0.05, 0.1) is 25.1 Å². The highest BCUT2D eigenvalue weighted by Gasteiger charge is 2.36. The van der Waals surface area contributed by atoms with E-state index in [2.05, 4.69) is 16.3 Å². The molecule has 0 bridgehead atoms. The van der Waals surface area contributed by atoms with E-state index in [1.54, 1.807) is 7.11 Å². The molecule has 1 saturated heterocycles. The zero-order valence-electron chi connectivity index (χ0n) is 16.4. The second-order valence-electron chi connectivity index (χ2n) is 7.28. The second kappa shape index (κ2) is 9.38. The molecule has 0 radical (unpaired) electrons. The van der Waals surface area contributed by atoms with Gasteiger partial charge in [-0.15, -0.1) is 0 Å². The van der Waals surface area contributed by atoms with Crippen molar-refractivity contribution in [3.8, 4) is 11.8 Å². The summed E-state index contributed by atoms with van der Waals surface area (Å²) < 4.78 is 5.15. The minimum atomic E-state index is -0.428. The fourth-order valence-electron chi connectivity index (χ4n) is 3.71. The highest BCUT2D eigenvalue weighted by Crippen LogP contribution is 2.34. The van der Waals surface area contributed by atoms with Crippen LogP contribution in [0.1, 0.15) is 24.0 Å². The number of nitrogens with one attached hydrogen (secondary N) is 1. The zero-order chi connectivity index (χ0) is 19.8. The van der Waals surface area contributed by atoms with E-state index in [0.717, 1.165) is 43.7 Å². The van der Waals surface area contributed by atoms with Crippen molar-refractivity contribution < 1.29 is 9.53 Å². The largest absolute Gasteiger partial charge is 0.497 e. The van der Waals surface area contributed by atoms with Gasteiger partial charge in [0.1, 0.15) is 5.75 Å². The third-order valence-electron chi connectivity index (χ3n) is 5.51. The number of nitriles is 1. The van der Waals surface area contributed by atoms with Crippen molar-refractivity contribution in [3.63, 3.8) is 0 Å². The maximum atomic E-state index is 12.3. The molecule has 3 rings (SSSR count). The third kappa shape index (κ3) is 4.90. The Morgan fingerprint density at radius 2 is 1.82 bits per heavy atom. The summed E-state index contributed by atoms with van der Waals surface area (Å²) in [6, 6.07) is 20.4. The van der Waals surface area contributed by atoms with Gasteiger partial charge < -0.3 is 10.1 Å². The molecule has 0 spiro atoms. The predicted molar refractivity (Wildman–Crippen MR) is 109 cm³/mol. The van der Waals surface area contributed by atoms with Crippen LogP contribution in [0.4, 0.5) is 0 Å². The number of amides is 1. The molecule has 1 fully saturated rings. The lowest BCUT2D eigenvalue weighted by Crippen LogP contribution is -2.46. The van der Waals surface area contributed by atoms with Crippen LogP contribution < -0.4 is 10.1 Å². The van der Waals surface area contributed by atoms with Crippen molar-refractivity contribution >= 4 is 5.91 Å². The van der Waals surface area contributed by atoms with E-state index >= 15 is 0 Å². The Hall–Kier alpha value is -2.84. The predicted octanol–water partition coefficient (Wildman–Crippen LogP) is 2.91. The molecule has 0 atom stereocenters. The van der Waals surface area contributed by atoms with Crippen LogP contribution in [0.15, 0.2) is 54.6 Å². The van der Waals surface area contributed by atoms with Crippen LogP contribution in [0.3, 0.4) is 0 Å². The molecule has 1 aliphatic heterocycles. The average molecular weight is 377 g/mol. The summed E-state index contributed by atoms with van der Waals surface area (Å²) in [4.78, 5) is 14.4. The van der Waals surface area contributed by atoms with Crippen LogP contribution in [0.5, 0.6) is 5.75 Å². The van der Waals surface area contributed by atoms with Crippen LogP contribution >= 0.6 is 0 Å². The molecule has 0 saturated carbocycles. The van der Waals surface area contributed by atoms with E-state index < -0.39 is 5.41 Å². The van der Waals surface area contributed by atoms with E-state index in [-0.39, 0.29) is 5.91 Å². The highest BCUT2D eigenvalue weighted by atomic mass is 16.5. The van der Waals surface area contributed by atoms with Crippen molar-refractivity contribution in [1.29, 1.82) is 5.26 Å². The topological polar surface area (TPSA) is 65.4 Å². The average Bonchev–Trinajstić information content (AvgIpc) is 2.75. The number of piperidine rings is 1. The molecule has 1 N–H and O–H groups in total. The molecule has 1 aliphatic rings. The van der Waals surface area contributed by atoms with Crippen molar-refractivity contribution in [1.82, 2.24) is 10.2 Å². The third-order valence-corrected chi connectivity index (χ3v) is 5.51. The molecule has 28 heavy (non-hydrogen) atoms. The Morgan fingerprint density at radius 1 is 1.14 bits per heavy atom. The van der Waals surface area contributed by atoms with Crippen molar-refractivity contribution in [2.75, 3.05) is 33.3 Å². The Morgan fingerprint density at radius 3 is 2.43 bits per heavy atom. The Labute approximate surface area is 166 Å². The number of benzene rings is 2. The maximum absolute atomic E-state index is 12.3. The second-order valence-corrected chi connectivity index (χ2v) is 7.28. The van der Waals surface area contributed by atoms with Gasteiger partial charge >= 0.3 is 0 Å². The van der Waals surface area contributed by atoms with Gasteiger partial charge in [0.2, 0.25) is 5.91 Å². The summed E-state index contributed by atoms with van der Waals surface area (Å²) in [6.45, 7) is 2.52. The molecule has 1 amide bonds. The van der Waals surface area contributed by atoms with Crippen molar-refractivity contribution in [2.24, 2.45) is 0 Å². The standard InChI is InChI=1S/C23H27N3O2/c1-28-21-9-7-19(8-10-21)11-14-25-22(27)17-26-15-12-23(18-24,13-16-26)20-5-3-2-4-6-20/h2-10H,11-17H2,1H3,(H,25,27). The van der Waals surface area contributed by atoms with Crippen molar-refractivity contribution in [3.05, 3.63) is 65.7 Å². The summed E-state index contributed by atoms with van der Waals surface area (Å²) in [5.74, 6) is 0.875. The normalized spacial score (nSPS) is 16.1. The van der Waals surface area contributed by atoms with E-state index in [9.17, 15) is 10.1 Å². The number of carbonyl (C=O) groups excluding carboxylic acids is 1. The quantitative estimate of drug-likeness (QED) is 0.806. The van der Waals surface area contributed by atoms with E-state index in [1.165, 1.54) is 5.56 Å². The summed E-state index contributed by atoms with van der Waals surface area (Å²) >= 11 is 0. The van der Waals surface area contributed by atoms with E-state index in [0.29, 0.717) is 13.1 Å². The zero-order valence-corrected chi connectivity index (χ0v) is 16.4.